The summed E-state index contributed by atoms with van der Waals surface area (Å²) in [7, 11) is 0. The predicted molar refractivity (Wildman–Crippen MR) is 71.6 cm³/mol. The summed E-state index contributed by atoms with van der Waals surface area (Å²) in [5.41, 5.74) is -0.681. The first-order chi connectivity index (χ1) is 8.53. The van der Waals surface area contributed by atoms with Gasteiger partial charge in [-0.3, -0.25) is 14.9 Å². The summed E-state index contributed by atoms with van der Waals surface area (Å²) < 4.78 is 0. The van der Waals surface area contributed by atoms with E-state index >= 15 is 0 Å². The monoisotopic (exact) mass is 272 g/mol. The molecule has 0 bridgehead atoms. The van der Waals surface area contributed by atoms with Crippen molar-refractivity contribution in [2.24, 2.45) is 11.3 Å². The second-order valence-corrected chi connectivity index (χ2v) is 5.97. The van der Waals surface area contributed by atoms with E-state index in [1.54, 1.807) is 13.8 Å². The Kier molecular flexibility index (Phi) is 6.52. The van der Waals surface area contributed by atoms with Crippen LogP contribution in [0.15, 0.2) is 0 Å². The van der Waals surface area contributed by atoms with Crippen molar-refractivity contribution in [1.82, 2.24) is 10.6 Å². The molecule has 0 aliphatic rings. The quantitative estimate of drug-likeness (QED) is 0.686. The first-order valence-corrected chi connectivity index (χ1v) is 6.35. The summed E-state index contributed by atoms with van der Waals surface area (Å²) in [6.07, 6.45) is -0.132. The van der Waals surface area contributed by atoms with Crippen molar-refractivity contribution in [2.75, 3.05) is 0 Å². The van der Waals surface area contributed by atoms with E-state index in [0.29, 0.717) is 0 Å². The zero-order chi connectivity index (χ0) is 15.2. The van der Waals surface area contributed by atoms with Gasteiger partial charge in [0.1, 0.15) is 0 Å². The van der Waals surface area contributed by atoms with Crippen LogP contribution < -0.4 is 10.6 Å². The summed E-state index contributed by atoms with van der Waals surface area (Å²) in [5.74, 6) is -1.17. The Balaban J connectivity index is 4.24. The lowest BCUT2D eigenvalue weighted by Gasteiger charge is -2.22. The van der Waals surface area contributed by atoms with Gasteiger partial charge in [0.05, 0.1) is 6.42 Å². The lowest BCUT2D eigenvalue weighted by Crippen LogP contribution is -2.46. The fraction of sp³-hybridized carbons (Fsp3) is 0.769. The maximum atomic E-state index is 11.6. The fourth-order valence-electron chi connectivity index (χ4n) is 1.49. The van der Waals surface area contributed by atoms with E-state index in [-0.39, 0.29) is 24.8 Å². The van der Waals surface area contributed by atoms with Gasteiger partial charge < -0.3 is 10.4 Å². The molecule has 6 heteroatoms. The van der Waals surface area contributed by atoms with E-state index < -0.39 is 23.3 Å². The number of hydrogen-bond acceptors (Lipinski definition) is 3. The van der Waals surface area contributed by atoms with Crippen LogP contribution in [0.4, 0.5) is 4.79 Å². The third-order valence-corrected chi connectivity index (χ3v) is 2.88. The number of nitrogens with one attached hydrogen (secondary N) is 2. The Bertz CT molecular complexity index is 351. The number of carbonyl (C=O) groups excluding carboxylic acids is 2. The summed E-state index contributed by atoms with van der Waals surface area (Å²) in [6.45, 7) is 9.12. The highest BCUT2D eigenvalue weighted by atomic mass is 16.4. The first-order valence-electron chi connectivity index (χ1n) is 6.35. The number of amides is 3. The Labute approximate surface area is 113 Å². The Morgan fingerprint density at radius 1 is 1.11 bits per heavy atom. The molecule has 1 atom stereocenters. The van der Waals surface area contributed by atoms with Crippen molar-refractivity contribution >= 4 is 17.9 Å². The minimum absolute atomic E-state index is 0.0111. The Morgan fingerprint density at radius 3 is 2.05 bits per heavy atom. The molecule has 0 aromatic carbocycles. The van der Waals surface area contributed by atoms with Crippen molar-refractivity contribution in [1.29, 1.82) is 0 Å². The molecular weight excluding hydrogens is 248 g/mol. The number of rotatable bonds is 6. The smallest absolute Gasteiger partial charge is 0.321 e. The number of urea groups is 1. The van der Waals surface area contributed by atoms with Gasteiger partial charge in [-0.05, 0) is 18.3 Å². The average molecular weight is 272 g/mol. The standard InChI is InChI=1S/C13H24N2O4/c1-8(2)9(3)14-12(19)15-10(16)6-13(4,5)7-11(17)18/h8-9H,6-7H2,1-5H3,(H,17,18)(H2,14,15,16,19). The van der Waals surface area contributed by atoms with E-state index in [1.807, 2.05) is 20.8 Å². The van der Waals surface area contributed by atoms with Gasteiger partial charge in [0.2, 0.25) is 5.91 Å². The maximum absolute atomic E-state index is 11.6. The van der Waals surface area contributed by atoms with Crippen molar-refractivity contribution in [3.05, 3.63) is 0 Å². The molecule has 0 aliphatic carbocycles. The second kappa shape index (κ2) is 7.11. The summed E-state index contributed by atoms with van der Waals surface area (Å²) >= 11 is 0. The number of carboxylic acids is 1. The van der Waals surface area contributed by atoms with Crippen LogP contribution in [0.2, 0.25) is 0 Å². The molecule has 0 fully saturated rings. The second-order valence-electron chi connectivity index (χ2n) is 5.97. The minimum atomic E-state index is -0.962. The van der Waals surface area contributed by atoms with Gasteiger partial charge in [-0.15, -0.1) is 0 Å². The van der Waals surface area contributed by atoms with Crippen LogP contribution in [-0.4, -0.2) is 29.1 Å². The van der Waals surface area contributed by atoms with Crippen LogP contribution in [0.5, 0.6) is 0 Å². The van der Waals surface area contributed by atoms with Crippen LogP contribution in [0.25, 0.3) is 0 Å². The number of carbonyl (C=O) groups is 3. The fourth-order valence-corrected chi connectivity index (χ4v) is 1.49. The third kappa shape index (κ3) is 8.18. The molecule has 0 aliphatic heterocycles. The molecule has 19 heavy (non-hydrogen) atoms. The SMILES string of the molecule is CC(C)C(C)NC(=O)NC(=O)CC(C)(C)CC(=O)O. The molecule has 110 valence electrons. The molecule has 0 aromatic heterocycles. The van der Waals surface area contributed by atoms with Crippen LogP contribution in [0.1, 0.15) is 47.5 Å². The molecule has 6 nitrogen and oxygen atoms in total. The Hall–Kier alpha value is -1.59. The zero-order valence-corrected chi connectivity index (χ0v) is 12.2. The predicted octanol–water partition coefficient (Wildman–Crippen LogP) is 1.75. The van der Waals surface area contributed by atoms with E-state index in [2.05, 4.69) is 10.6 Å². The van der Waals surface area contributed by atoms with Crippen LogP contribution >= 0.6 is 0 Å². The van der Waals surface area contributed by atoms with Gasteiger partial charge in [0, 0.05) is 12.5 Å². The molecule has 1 unspecified atom stereocenters. The summed E-state index contributed by atoms with van der Waals surface area (Å²) in [6, 6.07) is -0.586. The van der Waals surface area contributed by atoms with Gasteiger partial charge in [-0.1, -0.05) is 27.7 Å². The van der Waals surface area contributed by atoms with E-state index in [0.717, 1.165) is 0 Å². The molecule has 0 heterocycles. The van der Waals surface area contributed by atoms with Gasteiger partial charge in [0.25, 0.3) is 0 Å². The van der Waals surface area contributed by atoms with Gasteiger partial charge in [0.15, 0.2) is 0 Å². The van der Waals surface area contributed by atoms with Crippen LogP contribution in [0.3, 0.4) is 0 Å². The van der Waals surface area contributed by atoms with Crippen LogP contribution in [-0.2, 0) is 9.59 Å². The molecule has 0 saturated heterocycles. The Morgan fingerprint density at radius 2 is 1.63 bits per heavy atom. The highest BCUT2D eigenvalue weighted by molar-refractivity contribution is 5.94. The van der Waals surface area contributed by atoms with E-state index in [9.17, 15) is 14.4 Å². The summed E-state index contributed by atoms with van der Waals surface area (Å²) in [5, 5.41) is 13.6. The van der Waals surface area contributed by atoms with Crippen molar-refractivity contribution in [3.8, 4) is 0 Å². The van der Waals surface area contributed by atoms with Gasteiger partial charge in [-0.2, -0.15) is 0 Å². The lowest BCUT2D eigenvalue weighted by molar-refractivity contribution is -0.139. The summed E-state index contributed by atoms with van der Waals surface area (Å²) in [4.78, 5) is 33.8. The zero-order valence-electron chi connectivity index (χ0n) is 12.2. The van der Waals surface area contributed by atoms with E-state index in [4.69, 9.17) is 5.11 Å². The first kappa shape index (κ1) is 17.4. The molecule has 0 spiro atoms. The topological polar surface area (TPSA) is 95.5 Å². The molecular formula is C13H24N2O4. The third-order valence-electron chi connectivity index (χ3n) is 2.88. The van der Waals surface area contributed by atoms with Crippen molar-refractivity contribution in [3.63, 3.8) is 0 Å². The van der Waals surface area contributed by atoms with Gasteiger partial charge >= 0.3 is 12.0 Å². The number of carboxylic acid groups (broad SMARTS) is 1. The normalized spacial score (nSPS) is 12.9. The van der Waals surface area contributed by atoms with Crippen molar-refractivity contribution < 1.29 is 19.5 Å². The van der Waals surface area contributed by atoms with Crippen molar-refractivity contribution in [2.45, 2.75) is 53.5 Å². The molecule has 0 radical (unpaired) electrons. The molecule has 3 N–H and O–H groups in total. The number of imide groups is 1. The molecule has 0 rings (SSSR count). The largest absolute Gasteiger partial charge is 0.481 e. The maximum Gasteiger partial charge on any atom is 0.321 e. The number of hydrogen-bond donors (Lipinski definition) is 3. The van der Waals surface area contributed by atoms with E-state index in [1.165, 1.54) is 0 Å². The highest BCUT2D eigenvalue weighted by Gasteiger charge is 2.26. The molecule has 3 amide bonds. The number of aliphatic carboxylic acids is 1. The van der Waals surface area contributed by atoms with Gasteiger partial charge in [-0.25, -0.2) is 4.79 Å². The molecule has 0 aromatic rings. The average Bonchev–Trinajstić information content (AvgIpc) is 2.12. The highest BCUT2D eigenvalue weighted by Crippen LogP contribution is 2.24. The lowest BCUT2D eigenvalue weighted by atomic mass is 9.85. The molecule has 0 saturated carbocycles. The minimum Gasteiger partial charge on any atom is -0.481 e. The van der Waals surface area contributed by atoms with Crippen LogP contribution in [0, 0.1) is 11.3 Å².